The van der Waals surface area contributed by atoms with Gasteiger partial charge in [-0.3, -0.25) is 10.1 Å². The van der Waals surface area contributed by atoms with E-state index in [9.17, 15) is 4.79 Å². The van der Waals surface area contributed by atoms with E-state index in [0.29, 0.717) is 17.2 Å². The first-order chi connectivity index (χ1) is 10.7. The second-order valence-corrected chi connectivity index (χ2v) is 5.61. The van der Waals surface area contributed by atoms with E-state index in [4.69, 9.17) is 0 Å². The molecule has 2 aromatic heterocycles. The van der Waals surface area contributed by atoms with Gasteiger partial charge in [-0.05, 0) is 24.3 Å². The van der Waals surface area contributed by atoms with Gasteiger partial charge in [0.2, 0.25) is 0 Å². The summed E-state index contributed by atoms with van der Waals surface area (Å²) in [7, 11) is 1.95. The molecule has 0 unspecified atom stereocenters. The zero-order chi connectivity index (χ0) is 15.4. The Morgan fingerprint density at radius 2 is 2.14 bits per heavy atom. The molecule has 2 N–H and O–H groups in total. The lowest BCUT2D eigenvalue weighted by molar-refractivity contribution is 0.102. The van der Waals surface area contributed by atoms with E-state index in [1.165, 1.54) is 11.3 Å². The lowest BCUT2D eigenvalue weighted by Crippen LogP contribution is -2.11. The van der Waals surface area contributed by atoms with Gasteiger partial charge in [0.05, 0.1) is 18.6 Å². The summed E-state index contributed by atoms with van der Waals surface area (Å²) in [6.07, 6.45) is 5.25. The maximum atomic E-state index is 12.0. The van der Waals surface area contributed by atoms with Crippen LogP contribution in [0.15, 0.2) is 48.4 Å². The van der Waals surface area contributed by atoms with Crippen LogP contribution in [-0.2, 0) is 13.6 Å². The molecule has 1 amide bonds. The summed E-state index contributed by atoms with van der Waals surface area (Å²) >= 11 is 1.39. The van der Waals surface area contributed by atoms with Gasteiger partial charge in [0, 0.05) is 36.1 Å². The third-order valence-electron chi connectivity index (χ3n) is 3.19. The molecule has 3 aromatic rings. The highest BCUT2D eigenvalue weighted by atomic mass is 32.1. The highest BCUT2D eigenvalue weighted by Gasteiger charge is 2.07. The number of imidazole rings is 1. The number of rotatable bonds is 5. The number of aryl methyl sites for hydroxylation is 1. The standard InChI is InChI=1S/C15H15N5OS/c1-20-10-16-8-13(20)9-18-12-4-2-11(3-5-12)14(21)19-15-17-6-7-22-15/h2-8,10,18H,9H2,1H3,(H,17,19,21). The number of benzene rings is 1. The van der Waals surface area contributed by atoms with Crippen molar-refractivity contribution in [3.63, 3.8) is 0 Å². The van der Waals surface area contributed by atoms with Crippen LogP contribution in [0.25, 0.3) is 0 Å². The van der Waals surface area contributed by atoms with Gasteiger partial charge in [-0.25, -0.2) is 9.97 Å². The van der Waals surface area contributed by atoms with Crippen LogP contribution in [0.4, 0.5) is 10.8 Å². The second-order valence-electron chi connectivity index (χ2n) is 4.72. The number of carbonyl (C=O) groups is 1. The first kappa shape index (κ1) is 14.3. The van der Waals surface area contributed by atoms with E-state index >= 15 is 0 Å². The van der Waals surface area contributed by atoms with Crippen LogP contribution in [-0.4, -0.2) is 20.4 Å². The number of hydrogen-bond acceptors (Lipinski definition) is 5. The molecular weight excluding hydrogens is 298 g/mol. The fourth-order valence-corrected chi connectivity index (χ4v) is 2.47. The average molecular weight is 313 g/mol. The highest BCUT2D eigenvalue weighted by molar-refractivity contribution is 7.13. The van der Waals surface area contributed by atoms with Crippen LogP contribution >= 0.6 is 11.3 Å². The number of amides is 1. The number of nitrogens with one attached hydrogen (secondary N) is 2. The summed E-state index contributed by atoms with van der Waals surface area (Å²) in [4.78, 5) is 20.1. The summed E-state index contributed by atoms with van der Waals surface area (Å²) in [6, 6.07) is 7.34. The van der Waals surface area contributed by atoms with E-state index in [1.807, 2.05) is 35.3 Å². The van der Waals surface area contributed by atoms with Crippen molar-refractivity contribution >= 4 is 28.1 Å². The Labute approximate surface area is 131 Å². The average Bonchev–Trinajstić information content (AvgIpc) is 3.17. The molecule has 0 aliphatic heterocycles. The first-order valence-electron chi connectivity index (χ1n) is 6.72. The molecule has 0 aliphatic rings. The number of anilines is 2. The number of hydrogen-bond donors (Lipinski definition) is 2. The minimum atomic E-state index is -0.159. The minimum Gasteiger partial charge on any atom is -0.379 e. The van der Waals surface area contributed by atoms with E-state index in [0.717, 1.165) is 11.4 Å². The van der Waals surface area contributed by atoms with Crippen LogP contribution in [0.1, 0.15) is 16.1 Å². The molecule has 0 saturated heterocycles. The molecule has 0 saturated carbocycles. The number of carbonyl (C=O) groups excluding carboxylic acids is 1. The van der Waals surface area contributed by atoms with Crippen molar-refractivity contribution in [3.05, 3.63) is 59.6 Å². The minimum absolute atomic E-state index is 0.159. The number of nitrogens with zero attached hydrogens (tertiary/aromatic N) is 3. The fourth-order valence-electron chi connectivity index (χ4n) is 1.94. The van der Waals surface area contributed by atoms with Gasteiger partial charge >= 0.3 is 0 Å². The maximum absolute atomic E-state index is 12.0. The molecular formula is C15H15N5OS. The van der Waals surface area contributed by atoms with Gasteiger partial charge in [-0.1, -0.05) is 0 Å². The topological polar surface area (TPSA) is 71.8 Å². The van der Waals surface area contributed by atoms with E-state index in [2.05, 4.69) is 20.6 Å². The van der Waals surface area contributed by atoms with Crippen molar-refractivity contribution in [2.45, 2.75) is 6.54 Å². The van der Waals surface area contributed by atoms with Crippen LogP contribution in [0.5, 0.6) is 0 Å². The zero-order valence-electron chi connectivity index (χ0n) is 12.0. The summed E-state index contributed by atoms with van der Waals surface area (Å²) in [5.74, 6) is -0.159. The maximum Gasteiger partial charge on any atom is 0.257 e. The second kappa shape index (κ2) is 6.40. The summed E-state index contributed by atoms with van der Waals surface area (Å²) in [5.41, 5.74) is 2.64. The molecule has 0 atom stereocenters. The van der Waals surface area contributed by atoms with Crippen molar-refractivity contribution in [2.75, 3.05) is 10.6 Å². The molecule has 6 nitrogen and oxygen atoms in total. The van der Waals surface area contributed by atoms with Crippen LogP contribution < -0.4 is 10.6 Å². The lowest BCUT2D eigenvalue weighted by Gasteiger charge is -2.08. The van der Waals surface area contributed by atoms with Gasteiger partial charge in [-0.15, -0.1) is 11.3 Å². The van der Waals surface area contributed by atoms with E-state index < -0.39 is 0 Å². The molecule has 22 heavy (non-hydrogen) atoms. The Bertz CT molecular complexity index is 749. The van der Waals surface area contributed by atoms with Gasteiger partial charge in [0.25, 0.3) is 5.91 Å². The Balaban J connectivity index is 1.60. The van der Waals surface area contributed by atoms with Crippen molar-refractivity contribution in [1.82, 2.24) is 14.5 Å². The summed E-state index contributed by atoms with van der Waals surface area (Å²) in [6.45, 7) is 0.682. The molecule has 2 heterocycles. The zero-order valence-corrected chi connectivity index (χ0v) is 12.8. The fraction of sp³-hybridized carbons (Fsp3) is 0.133. The third-order valence-corrected chi connectivity index (χ3v) is 3.88. The van der Waals surface area contributed by atoms with Crippen molar-refractivity contribution in [3.8, 4) is 0 Å². The predicted octanol–water partition coefficient (Wildman–Crippen LogP) is 2.74. The van der Waals surface area contributed by atoms with Gasteiger partial charge < -0.3 is 9.88 Å². The Kier molecular flexibility index (Phi) is 4.15. The summed E-state index contributed by atoms with van der Waals surface area (Å²) in [5, 5.41) is 8.47. The van der Waals surface area contributed by atoms with Gasteiger partial charge in [-0.2, -0.15) is 0 Å². The first-order valence-corrected chi connectivity index (χ1v) is 7.60. The smallest absolute Gasteiger partial charge is 0.257 e. The molecule has 0 fully saturated rings. The Hall–Kier alpha value is -2.67. The predicted molar refractivity (Wildman–Crippen MR) is 87.0 cm³/mol. The van der Waals surface area contributed by atoms with Crippen LogP contribution in [0, 0.1) is 0 Å². The molecule has 0 bridgehead atoms. The monoisotopic (exact) mass is 313 g/mol. The van der Waals surface area contributed by atoms with E-state index in [1.54, 1.807) is 24.7 Å². The normalized spacial score (nSPS) is 10.4. The largest absolute Gasteiger partial charge is 0.379 e. The Morgan fingerprint density at radius 3 is 2.77 bits per heavy atom. The van der Waals surface area contributed by atoms with Gasteiger partial charge in [0.15, 0.2) is 5.13 Å². The highest BCUT2D eigenvalue weighted by Crippen LogP contribution is 2.15. The number of aromatic nitrogens is 3. The van der Waals surface area contributed by atoms with Gasteiger partial charge in [0.1, 0.15) is 0 Å². The molecule has 0 aliphatic carbocycles. The lowest BCUT2D eigenvalue weighted by atomic mass is 10.2. The molecule has 112 valence electrons. The molecule has 3 rings (SSSR count). The molecule has 7 heteroatoms. The van der Waals surface area contributed by atoms with Crippen LogP contribution in [0.3, 0.4) is 0 Å². The number of thiazole rings is 1. The van der Waals surface area contributed by atoms with E-state index in [-0.39, 0.29) is 5.91 Å². The molecule has 0 radical (unpaired) electrons. The summed E-state index contributed by atoms with van der Waals surface area (Å²) < 4.78 is 1.96. The molecule has 0 spiro atoms. The van der Waals surface area contributed by atoms with Crippen LogP contribution in [0.2, 0.25) is 0 Å². The van der Waals surface area contributed by atoms with Crippen molar-refractivity contribution in [2.24, 2.45) is 7.05 Å². The van der Waals surface area contributed by atoms with Crippen molar-refractivity contribution < 1.29 is 4.79 Å². The SMILES string of the molecule is Cn1cncc1CNc1ccc(C(=O)Nc2nccs2)cc1. The molecule has 1 aromatic carbocycles. The van der Waals surface area contributed by atoms with Crippen molar-refractivity contribution in [1.29, 1.82) is 0 Å². The Morgan fingerprint density at radius 1 is 1.32 bits per heavy atom. The third kappa shape index (κ3) is 3.32. The quantitative estimate of drug-likeness (QED) is 0.760.